The molecule has 0 fully saturated rings. The Kier molecular flexibility index (Phi) is 6.80. The third-order valence-corrected chi connectivity index (χ3v) is 6.13. The summed E-state index contributed by atoms with van der Waals surface area (Å²) in [6, 6.07) is 5.47. The molecular weight excluding hydrogens is 421 g/mol. The lowest BCUT2D eigenvalue weighted by Gasteiger charge is -2.17. The van der Waals surface area contributed by atoms with Crippen LogP contribution in [0.25, 0.3) is 0 Å². The third-order valence-electron chi connectivity index (χ3n) is 3.67. The fraction of sp³-hybridized carbons (Fsp3) is 0.235. The smallest absolute Gasteiger partial charge is 0.257 e. The number of halogens is 4. The Morgan fingerprint density at radius 1 is 1.15 bits per heavy atom. The van der Waals surface area contributed by atoms with Crippen LogP contribution in [0.5, 0.6) is 0 Å². The minimum atomic E-state index is -3.80. The zero-order valence-electron chi connectivity index (χ0n) is 14.4. The second-order valence-corrected chi connectivity index (χ2v) is 8.54. The number of nitrogens with one attached hydrogen (secondary N) is 1. The molecule has 0 aliphatic carbocycles. The summed E-state index contributed by atoms with van der Waals surface area (Å²) >= 11 is 11.6. The summed E-state index contributed by atoms with van der Waals surface area (Å²) in [6.45, 7) is 2.14. The number of hydrogen-bond acceptors (Lipinski definition) is 3. The molecule has 0 unspecified atom stereocenters. The first kappa shape index (κ1) is 21.6. The van der Waals surface area contributed by atoms with Crippen LogP contribution in [0.15, 0.2) is 35.2 Å². The maximum Gasteiger partial charge on any atom is 0.257 e. The topological polar surface area (TPSA) is 66.5 Å². The maximum atomic E-state index is 13.4. The van der Waals surface area contributed by atoms with E-state index in [2.05, 4.69) is 5.32 Å². The van der Waals surface area contributed by atoms with Crippen molar-refractivity contribution in [1.29, 1.82) is 0 Å². The molecule has 5 nitrogen and oxygen atoms in total. The number of anilines is 1. The van der Waals surface area contributed by atoms with Crippen molar-refractivity contribution in [1.82, 2.24) is 4.31 Å². The first-order chi connectivity index (χ1) is 12.6. The highest BCUT2D eigenvalue weighted by atomic mass is 35.5. The highest BCUT2D eigenvalue weighted by Gasteiger charge is 2.23. The standard InChI is InChI=1S/C17H16Cl2F2N2O3S/c1-3-6-23(2)27(25,26)11-4-5-13(18)12(9-11)17(24)22-10-7-14(19)16(21)15(20)8-10/h4-5,7-9H,3,6H2,1-2H3,(H,22,24). The number of benzene rings is 2. The Labute approximate surface area is 165 Å². The lowest BCUT2D eigenvalue weighted by Crippen LogP contribution is -2.28. The van der Waals surface area contributed by atoms with E-state index in [-0.39, 0.29) is 21.2 Å². The van der Waals surface area contributed by atoms with Crippen LogP contribution < -0.4 is 5.32 Å². The Morgan fingerprint density at radius 3 is 2.41 bits per heavy atom. The summed E-state index contributed by atoms with van der Waals surface area (Å²) in [7, 11) is -2.37. The normalized spacial score (nSPS) is 11.7. The van der Waals surface area contributed by atoms with Crippen molar-refractivity contribution >= 4 is 44.8 Å². The van der Waals surface area contributed by atoms with Gasteiger partial charge in [0, 0.05) is 25.3 Å². The van der Waals surface area contributed by atoms with E-state index < -0.39 is 32.6 Å². The molecule has 0 radical (unpaired) electrons. The molecule has 2 aromatic carbocycles. The van der Waals surface area contributed by atoms with Crippen LogP contribution in [0, 0.1) is 11.6 Å². The summed E-state index contributed by atoms with van der Waals surface area (Å²) in [4.78, 5) is 12.3. The summed E-state index contributed by atoms with van der Waals surface area (Å²) in [6.07, 6.45) is 0.619. The van der Waals surface area contributed by atoms with E-state index in [9.17, 15) is 22.0 Å². The molecule has 1 amide bonds. The second-order valence-electron chi connectivity index (χ2n) is 5.68. The minimum absolute atomic E-state index is 0.00160. The van der Waals surface area contributed by atoms with Gasteiger partial charge in [-0.2, -0.15) is 0 Å². The first-order valence-electron chi connectivity index (χ1n) is 7.79. The largest absolute Gasteiger partial charge is 0.322 e. The Bertz CT molecular complexity index is 961. The van der Waals surface area contributed by atoms with Crippen molar-refractivity contribution in [3.8, 4) is 0 Å². The molecule has 10 heteroatoms. The van der Waals surface area contributed by atoms with Crippen molar-refractivity contribution < 1.29 is 22.0 Å². The average molecular weight is 437 g/mol. The average Bonchev–Trinajstić information content (AvgIpc) is 2.59. The van der Waals surface area contributed by atoms with Crippen molar-refractivity contribution in [2.45, 2.75) is 18.2 Å². The van der Waals surface area contributed by atoms with Gasteiger partial charge in [0.2, 0.25) is 10.0 Å². The fourth-order valence-corrected chi connectivity index (χ4v) is 3.98. The van der Waals surface area contributed by atoms with Crippen LogP contribution >= 0.6 is 23.2 Å². The zero-order chi connectivity index (χ0) is 20.4. The summed E-state index contributed by atoms with van der Waals surface area (Å²) in [5, 5.41) is 1.81. The van der Waals surface area contributed by atoms with Gasteiger partial charge in [0.25, 0.3) is 5.91 Å². The third kappa shape index (κ3) is 4.76. The molecule has 0 atom stereocenters. The molecule has 146 valence electrons. The van der Waals surface area contributed by atoms with Crippen LogP contribution in [0.3, 0.4) is 0 Å². The summed E-state index contributed by atoms with van der Waals surface area (Å²) in [5.74, 6) is -3.27. The Morgan fingerprint density at radius 2 is 1.81 bits per heavy atom. The minimum Gasteiger partial charge on any atom is -0.322 e. The predicted octanol–water partition coefficient (Wildman–Crippen LogP) is 4.55. The van der Waals surface area contributed by atoms with Gasteiger partial charge in [-0.05, 0) is 30.7 Å². The van der Waals surface area contributed by atoms with Crippen LogP contribution in [0.2, 0.25) is 10.0 Å². The fourth-order valence-electron chi connectivity index (χ4n) is 2.28. The van der Waals surface area contributed by atoms with Gasteiger partial charge in [-0.1, -0.05) is 30.1 Å². The number of amides is 1. The van der Waals surface area contributed by atoms with E-state index in [0.29, 0.717) is 13.0 Å². The molecule has 0 aromatic heterocycles. The molecule has 0 bridgehead atoms. The van der Waals surface area contributed by atoms with Gasteiger partial charge < -0.3 is 5.32 Å². The van der Waals surface area contributed by atoms with Crippen molar-refractivity contribution in [3.05, 3.63) is 57.6 Å². The van der Waals surface area contributed by atoms with Gasteiger partial charge >= 0.3 is 0 Å². The van der Waals surface area contributed by atoms with Gasteiger partial charge in [-0.15, -0.1) is 0 Å². The quantitative estimate of drug-likeness (QED) is 0.675. The molecule has 0 saturated carbocycles. The van der Waals surface area contributed by atoms with Crippen LogP contribution in [0.4, 0.5) is 14.5 Å². The van der Waals surface area contributed by atoms with E-state index in [1.165, 1.54) is 19.2 Å². The summed E-state index contributed by atoms with van der Waals surface area (Å²) < 4.78 is 52.9. The zero-order valence-corrected chi connectivity index (χ0v) is 16.7. The molecule has 0 spiro atoms. The monoisotopic (exact) mass is 436 g/mol. The number of carbonyl (C=O) groups is 1. The van der Waals surface area contributed by atoms with E-state index in [1.807, 2.05) is 6.92 Å². The molecule has 0 aliphatic rings. The molecule has 0 heterocycles. The molecule has 27 heavy (non-hydrogen) atoms. The number of carbonyl (C=O) groups excluding carboxylic acids is 1. The second kappa shape index (κ2) is 8.52. The SMILES string of the molecule is CCCN(C)S(=O)(=O)c1ccc(Cl)c(C(=O)Nc2cc(F)c(F)c(Cl)c2)c1. The maximum absolute atomic E-state index is 13.4. The Balaban J connectivity index is 2.37. The van der Waals surface area contributed by atoms with Crippen molar-refractivity contribution in [3.63, 3.8) is 0 Å². The lowest BCUT2D eigenvalue weighted by molar-refractivity contribution is 0.102. The molecule has 0 saturated heterocycles. The van der Waals surface area contributed by atoms with Crippen LogP contribution in [0.1, 0.15) is 23.7 Å². The van der Waals surface area contributed by atoms with E-state index >= 15 is 0 Å². The first-order valence-corrected chi connectivity index (χ1v) is 9.99. The number of nitrogens with zero attached hydrogens (tertiary/aromatic N) is 1. The molecule has 2 rings (SSSR count). The molecule has 1 N–H and O–H groups in total. The summed E-state index contributed by atoms with van der Waals surface area (Å²) in [5.41, 5.74) is -0.236. The van der Waals surface area contributed by atoms with Crippen LogP contribution in [-0.4, -0.2) is 32.2 Å². The van der Waals surface area contributed by atoms with Gasteiger partial charge in [0.1, 0.15) is 0 Å². The highest BCUT2D eigenvalue weighted by Crippen LogP contribution is 2.26. The Hall–Kier alpha value is -1.74. The molecule has 2 aromatic rings. The highest BCUT2D eigenvalue weighted by molar-refractivity contribution is 7.89. The van der Waals surface area contributed by atoms with Gasteiger partial charge in [0.15, 0.2) is 11.6 Å². The van der Waals surface area contributed by atoms with Gasteiger partial charge in [-0.3, -0.25) is 4.79 Å². The van der Waals surface area contributed by atoms with Crippen LogP contribution in [-0.2, 0) is 10.0 Å². The number of rotatable bonds is 6. The van der Waals surface area contributed by atoms with Crippen molar-refractivity contribution in [2.24, 2.45) is 0 Å². The number of hydrogen-bond donors (Lipinski definition) is 1. The van der Waals surface area contributed by atoms with E-state index in [0.717, 1.165) is 22.5 Å². The number of sulfonamides is 1. The molecule has 0 aliphatic heterocycles. The molecular formula is C17H16Cl2F2N2O3S. The van der Waals surface area contributed by atoms with Gasteiger partial charge in [-0.25, -0.2) is 21.5 Å². The lowest BCUT2D eigenvalue weighted by atomic mass is 10.2. The van der Waals surface area contributed by atoms with Gasteiger partial charge in [0.05, 0.1) is 20.5 Å². The van der Waals surface area contributed by atoms with E-state index in [1.54, 1.807) is 0 Å². The van der Waals surface area contributed by atoms with Crippen molar-refractivity contribution in [2.75, 3.05) is 18.9 Å². The van der Waals surface area contributed by atoms with E-state index in [4.69, 9.17) is 23.2 Å². The predicted molar refractivity (Wildman–Crippen MR) is 101 cm³/mol.